The Hall–Kier alpha value is -1.98. The third kappa shape index (κ3) is 2.50. The molecular weight excluding hydrogens is 294 g/mol. The smallest absolute Gasteiger partial charge is 0.172 e. The van der Waals surface area contributed by atoms with Crippen LogP contribution in [0.3, 0.4) is 0 Å². The van der Waals surface area contributed by atoms with Gasteiger partial charge in [0.1, 0.15) is 5.69 Å². The molecule has 4 nitrogen and oxygen atoms in total. The summed E-state index contributed by atoms with van der Waals surface area (Å²) in [5.74, 6) is 0. The van der Waals surface area contributed by atoms with Gasteiger partial charge >= 0.3 is 0 Å². The first-order chi connectivity index (χ1) is 9.78. The van der Waals surface area contributed by atoms with Gasteiger partial charge in [-0.25, -0.2) is 4.68 Å². The summed E-state index contributed by atoms with van der Waals surface area (Å²) < 4.78 is 1.68. The zero-order valence-electron chi connectivity index (χ0n) is 10.4. The van der Waals surface area contributed by atoms with Crippen LogP contribution in [0.5, 0.6) is 0 Å². The lowest BCUT2D eigenvalue weighted by atomic mass is 10.2. The van der Waals surface area contributed by atoms with E-state index in [0.717, 1.165) is 22.5 Å². The Morgan fingerprint density at radius 2 is 2.05 bits per heavy atom. The van der Waals surface area contributed by atoms with Crippen LogP contribution in [0, 0.1) is 0 Å². The van der Waals surface area contributed by atoms with Gasteiger partial charge in [-0.1, -0.05) is 22.9 Å². The number of halogens is 1. The van der Waals surface area contributed by atoms with E-state index in [4.69, 9.17) is 11.6 Å². The van der Waals surface area contributed by atoms with Crippen molar-refractivity contribution >= 4 is 29.2 Å². The lowest BCUT2D eigenvalue weighted by Crippen LogP contribution is -2.03. The number of hydrogen-bond acceptors (Lipinski definition) is 4. The van der Waals surface area contributed by atoms with Gasteiger partial charge in [0, 0.05) is 16.3 Å². The molecule has 0 atom stereocenters. The van der Waals surface area contributed by atoms with Crippen LogP contribution >= 0.6 is 22.9 Å². The van der Waals surface area contributed by atoms with E-state index < -0.39 is 0 Å². The molecule has 0 unspecified atom stereocenters. The molecule has 0 N–H and O–H groups in total. The number of rotatable bonds is 4. The van der Waals surface area contributed by atoms with Crippen molar-refractivity contribution in [1.82, 2.24) is 15.0 Å². The highest BCUT2D eigenvalue weighted by Crippen LogP contribution is 2.20. The van der Waals surface area contributed by atoms with Crippen LogP contribution in [0.25, 0.3) is 5.69 Å². The van der Waals surface area contributed by atoms with Gasteiger partial charge in [-0.15, -0.1) is 16.4 Å². The molecule has 0 aliphatic rings. The first-order valence-electron chi connectivity index (χ1n) is 5.96. The third-order valence-electron chi connectivity index (χ3n) is 2.90. The van der Waals surface area contributed by atoms with E-state index in [1.807, 2.05) is 29.6 Å². The first kappa shape index (κ1) is 13.0. The maximum atomic E-state index is 11.1. The molecule has 1 aromatic carbocycles. The molecule has 0 aliphatic carbocycles. The summed E-state index contributed by atoms with van der Waals surface area (Å²) in [4.78, 5) is 12.3. The monoisotopic (exact) mass is 303 g/mol. The third-order valence-corrected chi connectivity index (χ3v) is 4.03. The van der Waals surface area contributed by atoms with Crippen LogP contribution in [0.4, 0.5) is 0 Å². The molecule has 20 heavy (non-hydrogen) atoms. The fraction of sp³-hybridized carbons (Fsp3) is 0.0714. The van der Waals surface area contributed by atoms with Crippen LogP contribution in [0.2, 0.25) is 5.02 Å². The molecule has 100 valence electrons. The summed E-state index contributed by atoms with van der Waals surface area (Å²) in [6.07, 6.45) is 1.36. The highest BCUT2D eigenvalue weighted by Gasteiger charge is 2.14. The Kier molecular flexibility index (Phi) is 3.62. The summed E-state index contributed by atoms with van der Waals surface area (Å²) in [5.41, 5.74) is 1.99. The van der Waals surface area contributed by atoms with Crippen molar-refractivity contribution in [3.8, 4) is 5.69 Å². The standard InChI is InChI=1S/C14H10ClN3OS/c15-10-3-5-11(6-4-10)18-14(13(9-19)16-17-18)8-12-2-1-7-20-12/h1-7,9H,8H2. The number of thiophene rings is 1. The lowest BCUT2D eigenvalue weighted by molar-refractivity contribution is 0.111. The van der Waals surface area contributed by atoms with E-state index in [2.05, 4.69) is 10.3 Å². The minimum Gasteiger partial charge on any atom is -0.296 e. The quantitative estimate of drug-likeness (QED) is 0.694. The Morgan fingerprint density at radius 3 is 2.70 bits per heavy atom. The van der Waals surface area contributed by atoms with E-state index in [9.17, 15) is 4.79 Å². The number of benzene rings is 1. The Morgan fingerprint density at radius 1 is 1.25 bits per heavy atom. The summed E-state index contributed by atoms with van der Waals surface area (Å²) in [7, 11) is 0. The van der Waals surface area contributed by atoms with Crippen molar-refractivity contribution in [2.24, 2.45) is 0 Å². The van der Waals surface area contributed by atoms with Crippen LogP contribution in [0.1, 0.15) is 21.1 Å². The van der Waals surface area contributed by atoms with Crippen molar-refractivity contribution in [3.63, 3.8) is 0 Å². The molecule has 0 saturated heterocycles. The van der Waals surface area contributed by atoms with Gasteiger partial charge < -0.3 is 0 Å². The van der Waals surface area contributed by atoms with E-state index in [-0.39, 0.29) is 0 Å². The van der Waals surface area contributed by atoms with Gasteiger partial charge in [0.25, 0.3) is 0 Å². The summed E-state index contributed by atoms with van der Waals surface area (Å²) >= 11 is 7.53. The number of aromatic nitrogens is 3. The second-order valence-electron chi connectivity index (χ2n) is 4.18. The van der Waals surface area contributed by atoms with Gasteiger partial charge in [0.15, 0.2) is 6.29 Å². The molecule has 0 saturated carbocycles. The van der Waals surface area contributed by atoms with E-state index >= 15 is 0 Å². The topological polar surface area (TPSA) is 47.8 Å². The van der Waals surface area contributed by atoms with E-state index in [1.54, 1.807) is 28.2 Å². The second kappa shape index (κ2) is 5.56. The highest BCUT2D eigenvalue weighted by atomic mass is 35.5. The molecule has 3 aromatic rings. The molecule has 0 amide bonds. The van der Waals surface area contributed by atoms with Crippen LogP contribution in [-0.2, 0) is 6.42 Å². The first-order valence-corrected chi connectivity index (χ1v) is 7.22. The van der Waals surface area contributed by atoms with E-state index in [1.165, 1.54) is 0 Å². The average molecular weight is 304 g/mol. The van der Waals surface area contributed by atoms with Crippen LogP contribution in [0.15, 0.2) is 41.8 Å². The fourth-order valence-corrected chi connectivity index (χ4v) is 2.77. The normalized spacial score (nSPS) is 10.7. The number of carbonyl (C=O) groups excluding carboxylic acids is 1. The minimum atomic E-state index is 0.369. The molecule has 0 bridgehead atoms. The van der Waals surface area contributed by atoms with Crippen LogP contribution < -0.4 is 0 Å². The zero-order valence-corrected chi connectivity index (χ0v) is 11.9. The van der Waals surface area contributed by atoms with Gasteiger partial charge in [0.2, 0.25) is 0 Å². The van der Waals surface area contributed by atoms with Gasteiger partial charge in [-0.2, -0.15) is 0 Å². The minimum absolute atomic E-state index is 0.369. The molecule has 0 aliphatic heterocycles. The summed E-state index contributed by atoms with van der Waals surface area (Å²) in [5, 5.41) is 10.7. The number of carbonyl (C=O) groups is 1. The molecule has 0 fully saturated rings. The maximum absolute atomic E-state index is 11.1. The molecule has 2 aromatic heterocycles. The lowest BCUT2D eigenvalue weighted by Gasteiger charge is -2.06. The van der Waals surface area contributed by atoms with Crippen molar-refractivity contribution < 1.29 is 4.79 Å². The van der Waals surface area contributed by atoms with Crippen molar-refractivity contribution in [2.75, 3.05) is 0 Å². The number of aldehydes is 1. The Balaban J connectivity index is 2.04. The number of hydrogen-bond donors (Lipinski definition) is 0. The zero-order chi connectivity index (χ0) is 13.9. The van der Waals surface area contributed by atoms with E-state index in [0.29, 0.717) is 17.1 Å². The summed E-state index contributed by atoms with van der Waals surface area (Å²) in [6.45, 7) is 0. The fourth-order valence-electron chi connectivity index (χ4n) is 1.94. The summed E-state index contributed by atoms with van der Waals surface area (Å²) in [6, 6.07) is 11.3. The van der Waals surface area contributed by atoms with Crippen molar-refractivity contribution in [1.29, 1.82) is 0 Å². The van der Waals surface area contributed by atoms with Crippen molar-refractivity contribution in [3.05, 3.63) is 63.1 Å². The Bertz CT molecular complexity index is 719. The largest absolute Gasteiger partial charge is 0.296 e. The molecule has 3 rings (SSSR count). The Labute approximate surface area is 124 Å². The molecule has 2 heterocycles. The van der Waals surface area contributed by atoms with Crippen LogP contribution in [-0.4, -0.2) is 21.3 Å². The molecular formula is C14H10ClN3OS. The van der Waals surface area contributed by atoms with Crippen molar-refractivity contribution in [2.45, 2.75) is 6.42 Å². The second-order valence-corrected chi connectivity index (χ2v) is 5.65. The van der Waals surface area contributed by atoms with Gasteiger partial charge in [0.05, 0.1) is 11.4 Å². The van der Waals surface area contributed by atoms with Gasteiger partial charge in [-0.05, 0) is 35.7 Å². The highest BCUT2D eigenvalue weighted by molar-refractivity contribution is 7.09. The predicted molar refractivity (Wildman–Crippen MR) is 78.9 cm³/mol. The molecule has 0 spiro atoms. The molecule has 6 heteroatoms. The maximum Gasteiger partial charge on any atom is 0.172 e. The predicted octanol–water partition coefficient (Wildman–Crippen LogP) is 3.39. The SMILES string of the molecule is O=Cc1nnn(-c2ccc(Cl)cc2)c1Cc1cccs1. The molecule has 0 radical (unpaired) electrons. The van der Waals surface area contributed by atoms with Gasteiger partial charge in [-0.3, -0.25) is 4.79 Å². The number of nitrogens with zero attached hydrogens (tertiary/aromatic N) is 3. The average Bonchev–Trinajstić information content (AvgIpc) is 3.10.